The number of nitriles is 1. The number of hydrogen-bond acceptors (Lipinski definition) is 4. The molecule has 1 heterocycles. The SMILES string of the molecule is CCC(N)Cc1cccc(OCc2ccnc(C#N)c2)c1. The average Bonchev–Trinajstić information content (AvgIpc) is 2.53. The van der Waals surface area contributed by atoms with Gasteiger partial charge < -0.3 is 10.5 Å². The molecular formula is C17H19N3O. The smallest absolute Gasteiger partial charge is 0.140 e. The quantitative estimate of drug-likeness (QED) is 0.883. The molecule has 0 aliphatic carbocycles. The molecule has 0 amide bonds. The lowest BCUT2D eigenvalue weighted by atomic mass is 10.0. The predicted octanol–water partition coefficient (Wildman–Crippen LogP) is 2.81. The topological polar surface area (TPSA) is 71.9 Å². The first-order valence-corrected chi connectivity index (χ1v) is 7.03. The largest absolute Gasteiger partial charge is 0.489 e. The van der Waals surface area contributed by atoms with Crippen molar-refractivity contribution in [1.29, 1.82) is 5.26 Å². The molecule has 0 saturated heterocycles. The number of benzene rings is 1. The Morgan fingerprint density at radius 1 is 1.29 bits per heavy atom. The Kier molecular flexibility index (Phi) is 5.30. The number of hydrogen-bond donors (Lipinski definition) is 1. The highest BCUT2D eigenvalue weighted by Gasteiger charge is 2.03. The van der Waals surface area contributed by atoms with Crippen LogP contribution < -0.4 is 10.5 Å². The Morgan fingerprint density at radius 3 is 2.90 bits per heavy atom. The van der Waals surface area contributed by atoms with Gasteiger partial charge in [0, 0.05) is 12.2 Å². The monoisotopic (exact) mass is 281 g/mol. The van der Waals surface area contributed by atoms with Gasteiger partial charge in [-0.1, -0.05) is 19.1 Å². The molecule has 0 aliphatic heterocycles. The van der Waals surface area contributed by atoms with Crippen molar-refractivity contribution in [3.63, 3.8) is 0 Å². The summed E-state index contributed by atoms with van der Waals surface area (Å²) in [5, 5.41) is 8.83. The lowest BCUT2D eigenvalue weighted by molar-refractivity contribution is 0.305. The molecular weight excluding hydrogens is 262 g/mol. The summed E-state index contributed by atoms with van der Waals surface area (Å²) in [5.74, 6) is 0.811. The first-order chi connectivity index (χ1) is 10.2. The molecule has 21 heavy (non-hydrogen) atoms. The van der Waals surface area contributed by atoms with Crippen molar-refractivity contribution in [1.82, 2.24) is 4.98 Å². The van der Waals surface area contributed by atoms with Crippen molar-refractivity contribution in [3.05, 3.63) is 59.4 Å². The molecule has 0 aliphatic rings. The summed E-state index contributed by atoms with van der Waals surface area (Å²) in [5.41, 5.74) is 8.48. The summed E-state index contributed by atoms with van der Waals surface area (Å²) in [6, 6.07) is 13.7. The van der Waals surface area contributed by atoms with Crippen LogP contribution in [0.3, 0.4) is 0 Å². The lowest BCUT2D eigenvalue weighted by Crippen LogP contribution is -2.21. The van der Waals surface area contributed by atoms with Gasteiger partial charge >= 0.3 is 0 Å². The second-order valence-corrected chi connectivity index (χ2v) is 4.97. The van der Waals surface area contributed by atoms with Crippen LogP contribution in [-0.4, -0.2) is 11.0 Å². The second-order valence-electron chi connectivity index (χ2n) is 4.97. The van der Waals surface area contributed by atoms with E-state index < -0.39 is 0 Å². The third-order valence-electron chi connectivity index (χ3n) is 3.27. The van der Waals surface area contributed by atoms with Crippen LogP contribution in [0.2, 0.25) is 0 Å². The zero-order valence-corrected chi connectivity index (χ0v) is 12.1. The zero-order chi connectivity index (χ0) is 15.1. The van der Waals surface area contributed by atoms with Crippen molar-refractivity contribution in [2.45, 2.75) is 32.4 Å². The van der Waals surface area contributed by atoms with Gasteiger partial charge in [0.1, 0.15) is 24.1 Å². The summed E-state index contributed by atoms with van der Waals surface area (Å²) in [7, 11) is 0. The molecule has 1 aromatic heterocycles. The maximum Gasteiger partial charge on any atom is 0.140 e. The van der Waals surface area contributed by atoms with Crippen LogP contribution in [0.25, 0.3) is 0 Å². The molecule has 0 spiro atoms. The van der Waals surface area contributed by atoms with E-state index in [9.17, 15) is 0 Å². The van der Waals surface area contributed by atoms with Gasteiger partial charge in [0.15, 0.2) is 0 Å². The van der Waals surface area contributed by atoms with Gasteiger partial charge in [0.2, 0.25) is 0 Å². The minimum Gasteiger partial charge on any atom is -0.489 e. The van der Waals surface area contributed by atoms with E-state index in [1.807, 2.05) is 30.3 Å². The van der Waals surface area contributed by atoms with Crippen molar-refractivity contribution >= 4 is 0 Å². The van der Waals surface area contributed by atoms with E-state index in [0.29, 0.717) is 12.3 Å². The summed E-state index contributed by atoms with van der Waals surface area (Å²) < 4.78 is 5.77. The van der Waals surface area contributed by atoms with Gasteiger partial charge in [0.25, 0.3) is 0 Å². The van der Waals surface area contributed by atoms with E-state index in [4.69, 9.17) is 15.7 Å². The molecule has 1 atom stereocenters. The Bertz CT molecular complexity index is 634. The van der Waals surface area contributed by atoms with Crippen LogP contribution in [0.1, 0.15) is 30.2 Å². The maximum absolute atomic E-state index is 8.83. The van der Waals surface area contributed by atoms with Crippen molar-refractivity contribution in [2.75, 3.05) is 0 Å². The van der Waals surface area contributed by atoms with E-state index in [0.717, 1.165) is 24.2 Å². The average molecular weight is 281 g/mol. The molecule has 2 N–H and O–H groups in total. The standard InChI is InChI=1S/C17H19N3O/c1-2-15(19)8-13-4-3-5-17(10-13)21-12-14-6-7-20-16(9-14)11-18/h3-7,9-10,15H,2,8,12,19H2,1H3. The van der Waals surface area contributed by atoms with Crippen LogP contribution >= 0.6 is 0 Å². The molecule has 4 nitrogen and oxygen atoms in total. The Balaban J connectivity index is 1.99. The van der Waals surface area contributed by atoms with Crippen LogP contribution in [-0.2, 0) is 13.0 Å². The van der Waals surface area contributed by atoms with Crippen molar-refractivity contribution in [2.24, 2.45) is 5.73 Å². The van der Waals surface area contributed by atoms with Crippen LogP contribution in [0.4, 0.5) is 0 Å². The van der Waals surface area contributed by atoms with Crippen molar-refractivity contribution < 1.29 is 4.74 Å². The number of aromatic nitrogens is 1. The van der Waals surface area contributed by atoms with E-state index in [1.54, 1.807) is 12.3 Å². The van der Waals surface area contributed by atoms with Gasteiger partial charge in [-0.25, -0.2) is 4.98 Å². The highest BCUT2D eigenvalue weighted by Crippen LogP contribution is 2.16. The Hall–Kier alpha value is -2.38. The molecule has 0 radical (unpaired) electrons. The zero-order valence-electron chi connectivity index (χ0n) is 12.1. The summed E-state index contributed by atoms with van der Waals surface area (Å²) in [6.45, 7) is 2.50. The van der Waals surface area contributed by atoms with Gasteiger partial charge in [-0.3, -0.25) is 0 Å². The molecule has 1 aromatic carbocycles. The van der Waals surface area contributed by atoms with Crippen molar-refractivity contribution in [3.8, 4) is 11.8 Å². The molecule has 1 unspecified atom stereocenters. The normalized spacial score (nSPS) is 11.7. The van der Waals surface area contributed by atoms with E-state index in [1.165, 1.54) is 5.56 Å². The summed E-state index contributed by atoms with van der Waals surface area (Å²) in [4.78, 5) is 3.94. The number of ether oxygens (including phenoxy) is 1. The Morgan fingerprint density at radius 2 is 2.14 bits per heavy atom. The number of rotatable bonds is 6. The third-order valence-corrected chi connectivity index (χ3v) is 3.27. The van der Waals surface area contributed by atoms with Crippen LogP contribution in [0.15, 0.2) is 42.6 Å². The fourth-order valence-electron chi connectivity index (χ4n) is 2.00. The molecule has 108 valence electrons. The van der Waals surface area contributed by atoms with Gasteiger partial charge in [-0.05, 0) is 48.2 Å². The van der Waals surface area contributed by atoms with Gasteiger partial charge in [0.05, 0.1) is 0 Å². The summed E-state index contributed by atoms with van der Waals surface area (Å²) >= 11 is 0. The number of nitrogens with two attached hydrogens (primary N) is 1. The predicted molar refractivity (Wildman–Crippen MR) is 81.7 cm³/mol. The number of pyridine rings is 1. The highest BCUT2D eigenvalue weighted by atomic mass is 16.5. The van der Waals surface area contributed by atoms with Gasteiger partial charge in [-0.2, -0.15) is 5.26 Å². The number of nitrogens with zero attached hydrogens (tertiary/aromatic N) is 2. The van der Waals surface area contributed by atoms with Crippen LogP contribution in [0.5, 0.6) is 5.75 Å². The molecule has 2 rings (SSSR count). The second kappa shape index (κ2) is 7.41. The first-order valence-electron chi connectivity index (χ1n) is 7.03. The van der Waals surface area contributed by atoms with Crippen LogP contribution in [0, 0.1) is 11.3 Å². The molecule has 4 heteroatoms. The lowest BCUT2D eigenvalue weighted by Gasteiger charge is -2.11. The van der Waals surface area contributed by atoms with Gasteiger partial charge in [-0.15, -0.1) is 0 Å². The molecule has 0 fully saturated rings. The maximum atomic E-state index is 8.83. The highest BCUT2D eigenvalue weighted by molar-refractivity contribution is 5.30. The third kappa shape index (κ3) is 4.59. The summed E-state index contributed by atoms with van der Waals surface area (Å²) in [6.07, 6.45) is 3.43. The first kappa shape index (κ1) is 15.0. The molecule has 2 aromatic rings. The van der Waals surface area contributed by atoms with E-state index >= 15 is 0 Å². The minimum absolute atomic E-state index is 0.179. The van der Waals surface area contributed by atoms with E-state index in [2.05, 4.69) is 18.0 Å². The van der Waals surface area contributed by atoms with E-state index in [-0.39, 0.29) is 6.04 Å². The fraction of sp³-hybridized carbons (Fsp3) is 0.294. The molecule has 0 saturated carbocycles. The Labute approximate surface area is 125 Å². The minimum atomic E-state index is 0.179. The molecule has 0 bridgehead atoms. The fourth-order valence-corrected chi connectivity index (χ4v) is 2.00.